The van der Waals surface area contributed by atoms with Gasteiger partial charge in [0.2, 0.25) is 5.91 Å². The summed E-state index contributed by atoms with van der Waals surface area (Å²) in [6, 6.07) is 26.4. The number of aryl methyl sites for hydroxylation is 2. The molecule has 1 atom stereocenters. The molecule has 42 heavy (non-hydrogen) atoms. The van der Waals surface area contributed by atoms with Gasteiger partial charge in [0.1, 0.15) is 5.70 Å². The monoisotopic (exact) mass is 617 g/mol. The lowest BCUT2D eigenvalue weighted by molar-refractivity contribution is -0.115. The van der Waals surface area contributed by atoms with Crippen LogP contribution in [-0.4, -0.2) is 23.0 Å². The van der Waals surface area contributed by atoms with Gasteiger partial charge in [-0.25, -0.2) is 0 Å². The van der Waals surface area contributed by atoms with Crippen molar-refractivity contribution >= 4 is 70.1 Å². The third kappa shape index (κ3) is 8.49. The van der Waals surface area contributed by atoms with Crippen LogP contribution < -0.4 is 16.0 Å². The lowest BCUT2D eigenvalue weighted by atomic mass is 10.1. The third-order valence-electron chi connectivity index (χ3n) is 6.34. The quantitative estimate of drug-likeness (QED) is 0.131. The lowest BCUT2D eigenvalue weighted by Gasteiger charge is -2.15. The van der Waals surface area contributed by atoms with Crippen molar-refractivity contribution in [2.75, 3.05) is 10.6 Å². The molecule has 6 nitrogen and oxygen atoms in total. The molecule has 0 aliphatic heterocycles. The summed E-state index contributed by atoms with van der Waals surface area (Å²) in [7, 11) is 0. The van der Waals surface area contributed by atoms with Gasteiger partial charge in [-0.2, -0.15) is 0 Å². The summed E-state index contributed by atoms with van der Waals surface area (Å²) < 4.78 is 0. The van der Waals surface area contributed by atoms with E-state index in [2.05, 4.69) is 16.0 Å². The molecule has 0 fully saturated rings. The number of anilines is 2. The number of amides is 3. The van der Waals surface area contributed by atoms with E-state index in [0.717, 1.165) is 21.7 Å². The zero-order valence-corrected chi connectivity index (χ0v) is 25.5. The van der Waals surface area contributed by atoms with Crippen LogP contribution in [-0.2, 0) is 9.59 Å². The lowest BCUT2D eigenvalue weighted by Crippen LogP contribution is -2.30. The molecule has 3 amide bonds. The van der Waals surface area contributed by atoms with Gasteiger partial charge >= 0.3 is 0 Å². The Labute approximate surface area is 259 Å². The van der Waals surface area contributed by atoms with Crippen LogP contribution in [0.4, 0.5) is 11.4 Å². The minimum absolute atomic E-state index is 0.00716. The number of hydrogen-bond donors (Lipinski definition) is 3. The Kier molecular flexibility index (Phi) is 10.5. The Bertz CT molecular complexity index is 1660. The van der Waals surface area contributed by atoms with Crippen molar-refractivity contribution in [1.82, 2.24) is 5.32 Å². The van der Waals surface area contributed by atoms with E-state index in [9.17, 15) is 14.4 Å². The second-order valence-electron chi connectivity index (χ2n) is 9.57. The van der Waals surface area contributed by atoms with Crippen LogP contribution in [0.2, 0.25) is 10.0 Å². The normalized spacial score (nSPS) is 11.9. The summed E-state index contributed by atoms with van der Waals surface area (Å²) in [5.41, 5.74) is 4.39. The molecule has 4 aromatic rings. The van der Waals surface area contributed by atoms with Crippen LogP contribution >= 0.6 is 35.0 Å². The highest BCUT2D eigenvalue weighted by molar-refractivity contribution is 8.00. The summed E-state index contributed by atoms with van der Waals surface area (Å²) in [6.45, 7) is 5.84. The van der Waals surface area contributed by atoms with Gasteiger partial charge < -0.3 is 16.0 Å². The number of carbonyl (C=O) groups excluding carboxylic acids is 3. The van der Waals surface area contributed by atoms with Gasteiger partial charge in [0.05, 0.1) is 5.25 Å². The molecular weight excluding hydrogens is 589 g/mol. The third-order valence-corrected chi connectivity index (χ3v) is 8.00. The Morgan fingerprint density at radius 2 is 1.52 bits per heavy atom. The van der Waals surface area contributed by atoms with Crippen molar-refractivity contribution in [2.24, 2.45) is 0 Å². The fraction of sp³-hybridized carbons (Fsp3) is 0.121. The van der Waals surface area contributed by atoms with Crippen molar-refractivity contribution in [3.63, 3.8) is 0 Å². The maximum absolute atomic E-state index is 13.4. The van der Waals surface area contributed by atoms with Crippen LogP contribution in [0.15, 0.2) is 102 Å². The molecule has 0 heterocycles. The van der Waals surface area contributed by atoms with Gasteiger partial charge in [-0.05, 0) is 98.1 Å². The second-order valence-corrected chi connectivity index (χ2v) is 11.8. The zero-order valence-electron chi connectivity index (χ0n) is 23.2. The highest BCUT2D eigenvalue weighted by Gasteiger charge is 2.18. The molecule has 0 radical (unpaired) electrons. The second kappa shape index (κ2) is 14.2. The molecule has 214 valence electrons. The summed E-state index contributed by atoms with van der Waals surface area (Å²) in [4.78, 5) is 40.0. The maximum atomic E-state index is 13.4. The SMILES string of the molecule is Cc1ccc(NC(=O)C(C)Sc2cccc(NC(=O)/C(=C\c3ccc(Cl)cc3Cl)NC(=O)c3ccccc3)c2)cc1C. The minimum atomic E-state index is -0.548. The Morgan fingerprint density at radius 1 is 0.786 bits per heavy atom. The van der Waals surface area contributed by atoms with Crippen LogP contribution in [0.25, 0.3) is 6.08 Å². The maximum Gasteiger partial charge on any atom is 0.272 e. The van der Waals surface area contributed by atoms with Crippen molar-refractivity contribution in [3.05, 3.63) is 129 Å². The molecule has 0 aromatic heterocycles. The first-order valence-corrected chi connectivity index (χ1v) is 14.7. The van der Waals surface area contributed by atoms with E-state index in [0.29, 0.717) is 26.9 Å². The molecule has 0 aliphatic rings. The summed E-state index contributed by atoms with van der Waals surface area (Å²) in [5.74, 6) is -1.13. The predicted molar refractivity (Wildman–Crippen MR) is 173 cm³/mol. The van der Waals surface area contributed by atoms with Gasteiger partial charge in [0.25, 0.3) is 11.8 Å². The van der Waals surface area contributed by atoms with E-state index in [-0.39, 0.29) is 11.6 Å². The van der Waals surface area contributed by atoms with Gasteiger partial charge in [0.15, 0.2) is 0 Å². The summed E-state index contributed by atoms with van der Waals surface area (Å²) in [6.07, 6.45) is 1.49. The van der Waals surface area contributed by atoms with E-state index in [4.69, 9.17) is 23.2 Å². The highest BCUT2D eigenvalue weighted by atomic mass is 35.5. The van der Waals surface area contributed by atoms with Crippen LogP contribution in [0, 0.1) is 13.8 Å². The van der Waals surface area contributed by atoms with Crippen molar-refractivity contribution < 1.29 is 14.4 Å². The summed E-state index contributed by atoms with van der Waals surface area (Å²) in [5, 5.41) is 8.87. The molecule has 9 heteroatoms. The average molecular weight is 619 g/mol. The van der Waals surface area contributed by atoms with Crippen LogP contribution in [0.5, 0.6) is 0 Å². The fourth-order valence-corrected chi connectivity index (χ4v) is 5.27. The van der Waals surface area contributed by atoms with Gasteiger partial charge in [-0.3, -0.25) is 14.4 Å². The van der Waals surface area contributed by atoms with Crippen molar-refractivity contribution in [3.8, 4) is 0 Å². The number of halogens is 2. The Morgan fingerprint density at radius 3 is 2.24 bits per heavy atom. The van der Waals surface area contributed by atoms with E-state index < -0.39 is 17.1 Å². The largest absolute Gasteiger partial charge is 0.325 e. The zero-order chi connectivity index (χ0) is 30.2. The van der Waals surface area contributed by atoms with Crippen LogP contribution in [0.3, 0.4) is 0 Å². The first-order chi connectivity index (χ1) is 20.1. The number of benzene rings is 4. The molecule has 0 aliphatic carbocycles. The molecule has 4 rings (SSSR count). The molecule has 0 spiro atoms. The standard InChI is InChI=1S/C33H29Cl2N3O3S/c1-20-12-15-27(16-21(20)2)36-31(39)22(3)42-28-11-7-10-26(19-28)37-33(41)30(17-24-13-14-25(34)18-29(24)35)38-32(40)23-8-5-4-6-9-23/h4-19,22H,1-3H3,(H,36,39)(H,37,41)(H,38,40)/b30-17+. The first-order valence-electron chi connectivity index (χ1n) is 13.1. The minimum Gasteiger partial charge on any atom is -0.325 e. The number of carbonyl (C=O) groups is 3. The molecule has 0 saturated heterocycles. The molecule has 1 unspecified atom stereocenters. The van der Waals surface area contributed by atoms with E-state index in [1.807, 2.05) is 45.0 Å². The van der Waals surface area contributed by atoms with E-state index in [1.165, 1.54) is 17.8 Å². The number of nitrogens with one attached hydrogen (secondary N) is 3. The van der Waals surface area contributed by atoms with Crippen molar-refractivity contribution in [1.29, 1.82) is 0 Å². The smallest absolute Gasteiger partial charge is 0.272 e. The van der Waals surface area contributed by atoms with Gasteiger partial charge in [-0.1, -0.05) is 59.6 Å². The van der Waals surface area contributed by atoms with E-state index in [1.54, 1.807) is 66.7 Å². The number of thioether (sulfide) groups is 1. The van der Waals surface area contributed by atoms with Gasteiger partial charge in [-0.15, -0.1) is 11.8 Å². The molecule has 3 N–H and O–H groups in total. The molecular formula is C33H29Cl2N3O3S. The first kappa shape index (κ1) is 30.9. The van der Waals surface area contributed by atoms with Gasteiger partial charge in [0, 0.05) is 31.9 Å². The number of hydrogen-bond acceptors (Lipinski definition) is 4. The predicted octanol–water partition coefficient (Wildman–Crippen LogP) is 8.14. The van der Waals surface area contributed by atoms with Crippen molar-refractivity contribution in [2.45, 2.75) is 30.9 Å². The van der Waals surface area contributed by atoms with E-state index >= 15 is 0 Å². The highest BCUT2D eigenvalue weighted by Crippen LogP contribution is 2.28. The topological polar surface area (TPSA) is 87.3 Å². The number of rotatable bonds is 9. The fourth-order valence-electron chi connectivity index (χ4n) is 3.88. The average Bonchev–Trinajstić information content (AvgIpc) is 2.96. The molecule has 4 aromatic carbocycles. The van der Waals surface area contributed by atoms with Crippen LogP contribution in [0.1, 0.15) is 34.0 Å². The summed E-state index contributed by atoms with van der Waals surface area (Å²) >= 11 is 13.7. The Hall–Kier alpha value is -4.04. The molecule has 0 saturated carbocycles. The molecule has 0 bridgehead atoms. The Balaban J connectivity index is 1.49.